The lowest BCUT2D eigenvalue weighted by molar-refractivity contribution is -0.131. The average Bonchev–Trinajstić information content (AvgIpc) is 2.44. The summed E-state index contributed by atoms with van der Waals surface area (Å²) in [5.74, 6) is -2.05. The highest BCUT2D eigenvalue weighted by atomic mass is 19.1. The highest BCUT2D eigenvalue weighted by Gasteiger charge is 2.26. The predicted molar refractivity (Wildman–Crippen MR) is 79.5 cm³/mol. The van der Waals surface area contributed by atoms with Crippen molar-refractivity contribution in [3.8, 4) is 0 Å². The number of carbonyl (C=O) groups excluding carboxylic acids is 1. The predicted octanol–water partition coefficient (Wildman–Crippen LogP) is 3.18. The number of carbonyl (C=O) groups is 2. The average molecular weight is 293 g/mol. The van der Waals surface area contributed by atoms with E-state index in [-0.39, 0.29) is 22.6 Å². The van der Waals surface area contributed by atoms with Gasteiger partial charge in [0.2, 0.25) is 0 Å². The van der Waals surface area contributed by atoms with Gasteiger partial charge in [-0.1, -0.05) is 13.0 Å². The van der Waals surface area contributed by atoms with Crippen LogP contribution in [0.5, 0.6) is 0 Å². The summed E-state index contributed by atoms with van der Waals surface area (Å²) in [6.07, 6.45) is 2.79. The van der Waals surface area contributed by atoms with Crippen LogP contribution in [-0.4, -0.2) is 34.5 Å². The van der Waals surface area contributed by atoms with E-state index in [1.165, 1.54) is 12.1 Å². The van der Waals surface area contributed by atoms with Gasteiger partial charge in [0.1, 0.15) is 5.82 Å². The first-order chi connectivity index (χ1) is 9.69. The summed E-state index contributed by atoms with van der Waals surface area (Å²) in [6, 6.07) is 4.02. The first kappa shape index (κ1) is 16.9. The second-order valence-corrected chi connectivity index (χ2v) is 5.44. The molecule has 1 aromatic rings. The van der Waals surface area contributed by atoms with Gasteiger partial charge in [0, 0.05) is 29.8 Å². The molecule has 0 saturated heterocycles. The lowest BCUT2D eigenvalue weighted by atomic mass is 9.98. The summed E-state index contributed by atoms with van der Waals surface area (Å²) in [7, 11) is 1.68. The topological polar surface area (TPSA) is 57.6 Å². The molecule has 21 heavy (non-hydrogen) atoms. The largest absolute Gasteiger partial charge is 0.478 e. The number of hydrogen-bond acceptors (Lipinski definition) is 2. The maximum Gasteiger partial charge on any atom is 0.328 e. The molecule has 0 saturated carbocycles. The molecule has 0 bridgehead atoms. The molecule has 0 aliphatic rings. The molecule has 1 rings (SSSR count). The van der Waals surface area contributed by atoms with Crippen LogP contribution in [0, 0.1) is 5.82 Å². The van der Waals surface area contributed by atoms with Crippen molar-refractivity contribution in [1.82, 2.24) is 4.90 Å². The Morgan fingerprint density at radius 1 is 1.38 bits per heavy atom. The molecule has 0 radical (unpaired) electrons. The van der Waals surface area contributed by atoms with E-state index in [9.17, 15) is 14.0 Å². The molecule has 0 fully saturated rings. The number of amides is 1. The van der Waals surface area contributed by atoms with Crippen molar-refractivity contribution in [2.45, 2.75) is 32.7 Å². The van der Waals surface area contributed by atoms with Crippen LogP contribution in [0.3, 0.4) is 0 Å². The van der Waals surface area contributed by atoms with Gasteiger partial charge in [0.05, 0.1) is 0 Å². The zero-order chi connectivity index (χ0) is 16.2. The fraction of sp³-hybridized carbons (Fsp3) is 0.375. The third kappa shape index (κ3) is 4.15. The Bertz CT molecular complexity index is 579. The van der Waals surface area contributed by atoms with E-state index in [1.54, 1.807) is 11.9 Å². The summed E-state index contributed by atoms with van der Waals surface area (Å²) in [4.78, 5) is 24.3. The number of aliphatic carboxylic acids is 1. The van der Waals surface area contributed by atoms with Crippen LogP contribution in [0.25, 0.3) is 6.08 Å². The van der Waals surface area contributed by atoms with Gasteiger partial charge in [-0.25, -0.2) is 9.18 Å². The number of benzene rings is 1. The first-order valence-electron chi connectivity index (χ1n) is 6.67. The highest BCUT2D eigenvalue weighted by Crippen LogP contribution is 2.20. The van der Waals surface area contributed by atoms with Gasteiger partial charge in [0.15, 0.2) is 0 Å². The van der Waals surface area contributed by atoms with Gasteiger partial charge in [-0.3, -0.25) is 4.79 Å². The van der Waals surface area contributed by atoms with Crippen molar-refractivity contribution >= 4 is 18.0 Å². The van der Waals surface area contributed by atoms with Crippen molar-refractivity contribution in [1.29, 1.82) is 0 Å². The maximum atomic E-state index is 13.9. The quantitative estimate of drug-likeness (QED) is 0.848. The van der Waals surface area contributed by atoms with Crippen molar-refractivity contribution in [3.05, 3.63) is 41.2 Å². The summed E-state index contributed by atoms with van der Waals surface area (Å²) < 4.78 is 13.9. The standard InChI is InChI=1S/C16H20FNO3/c1-5-16(2,3)18(4)15(21)12-7-6-11(13(17)10-12)8-9-14(19)20/h6-10H,5H2,1-4H3,(H,19,20). The van der Waals surface area contributed by atoms with Gasteiger partial charge in [-0.15, -0.1) is 0 Å². The van der Waals surface area contributed by atoms with E-state index in [2.05, 4.69) is 0 Å². The molecule has 4 nitrogen and oxygen atoms in total. The SMILES string of the molecule is CCC(C)(C)N(C)C(=O)c1ccc(C=CC(=O)O)c(F)c1. The Balaban J connectivity index is 3.04. The van der Waals surface area contributed by atoms with E-state index >= 15 is 0 Å². The number of hydrogen-bond donors (Lipinski definition) is 1. The Hall–Kier alpha value is -2.17. The van der Waals surface area contributed by atoms with Crippen molar-refractivity contribution in [2.75, 3.05) is 7.05 Å². The van der Waals surface area contributed by atoms with Crippen LogP contribution < -0.4 is 0 Å². The second kappa shape index (κ2) is 6.52. The zero-order valence-corrected chi connectivity index (χ0v) is 12.7. The second-order valence-electron chi connectivity index (χ2n) is 5.44. The van der Waals surface area contributed by atoms with Crippen LogP contribution >= 0.6 is 0 Å². The van der Waals surface area contributed by atoms with Crippen molar-refractivity contribution < 1.29 is 19.1 Å². The number of halogens is 1. The monoisotopic (exact) mass is 293 g/mol. The molecule has 0 aliphatic carbocycles. The Kier molecular flexibility index (Phi) is 5.24. The summed E-state index contributed by atoms with van der Waals surface area (Å²) in [6.45, 7) is 5.85. The molecule has 1 amide bonds. The molecular weight excluding hydrogens is 273 g/mol. The normalized spacial score (nSPS) is 11.7. The first-order valence-corrected chi connectivity index (χ1v) is 6.67. The number of carboxylic acids is 1. The molecule has 0 heterocycles. The van der Waals surface area contributed by atoms with Crippen molar-refractivity contribution in [2.24, 2.45) is 0 Å². The summed E-state index contributed by atoms with van der Waals surface area (Å²) in [5.41, 5.74) is 0.0467. The third-order valence-corrected chi connectivity index (χ3v) is 3.73. The van der Waals surface area contributed by atoms with Crippen LogP contribution in [0.15, 0.2) is 24.3 Å². The summed E-state index contributed by atoms with van der Waals surface area (Å²) in [5, 5.41) is 8.53. The fourth-order valence-electron chi connectivity index (χ4n) is 1.66. The van der Waals surface area contributed by atoms with E-state index in [4.69, 9.17) is 5.11 Å². The van der Waals surface area contributed by atoms with E-state index < -0.39 is 11.8 Å². The van der Waals surface area contributed by atoms with Crippen molar-refractivity contribution in [3.63, 3.8) is 0 Å². The molecule has 1 N–H and O–H groups in total. The number of rotatable bonds is 5. The highest BCUT2D eigenvalue weighted by molar-refractivity contribution is 5.95. The van der Waals surface area contributed by atoms with Gasteiger partial charge in [-0.2, -0.15) is 0 Å². The molecular formula is C16H20FNO3. The molecule has 0 aromatic heterocycles. The van der Waals surface area contributed by atoms with E-state index in [1.807, 2.05) is 20.8 Å². The molecule has 0 spiro atoms. The molecule has 1 aromatic carbocycles. The lowest BCUT2D eigenvalue weighted by Crippen LogP contribution is -2.44. The minimum atomic E-state index is -1.15. The third-order valence-electron chi connectivity index (χ3n) is 3.73. The van der Waals surface area contributed by atoms with Crippen LogP contribution in [0.4, 0.5) is 4.39 Å². The van der Waals surface area contributed by atoms with E-state index in [0.717, 1.165) is 24.6 Å². The van der Waals surface area contributed by atoms with Gasteiger partial charge < -0.3 is 10.0 Å². The molecule has 0 atom stereocenters. The lowest BCUT2D eigenvalue weighted by Gasteiger charge is -2.35. The minimum Gasteiger partial charge on any atom is -0.478 e. The zero-order valence-electron chi connectivity index (χ0n) is 12.7. The Labute approximate surface area is 123 Å². The smallest absolute Gasteiger partial charge is 0.328 e. The summed E-state index contributed by atoms with van der Waals surface area (Å²) >= 11 is 0. The van der Waals surface area contributed by atoms with Gasteiger partial charge in [-0.05, 0) is 38.5 Å². The van der Waals surface area contributed by atoms with Crippen LogP contribution in [-0.2, 0) is 4.79 Å². The molecule has 114 valence electrons. The Morgan fingerprint density at radius 3 is 2.48 bits per heavy atom. The van der Waals surface area contributed by atoms with Crippen LogP contribution in [0.1, 0.15) is 43.1 Å². The molecule has 0 unspecified atom stereocenters. The molecule has 0 aliphatic heterocycles. The Morgan fingerprint density at radius 2 is 2.00 bits per heavy atom. The maximum absolute atomic E-state index is 13.9. The number of nitrogens with zero attached hydrogens (tertiary/aromatic N) is 1. The van der Waals surface area contributed by atoms with E-state index in [0.29, 0.717) is 0 Å². The number of carboxylic acid groups (broad SMARTS) is 1. The minimum absolute atomic E-state index is 0.131. The van der Waals surface area contributed by atoms with Gasteiger partial charge >= 0.3 is 5.97 Å². The van der Waals surface area contributed by atoms with Crippen LogP contribution in [0.2, 0.25) is 0 Å². The molecule has 5 heteroatoms. The van der Waals surface area contributed by atoms with Gasteiger partial charge in [0.25, 0.3) is 5.91 Å². The fourth-order valence-corrected chi connectivity index (χ4v) is 1.66.